The van der Waals surface area contributed by atoms with Gasteiger partial charge >= 0.3 is 0 Å². The molecule has 0 radical (unpaired) electrons. The van der Waals surface area contributed by atoms with Gasteiger partial charge in [-0.2, -0.15) is 0 Å². The van der Waals surface area contributed by atoms with E-state index < -0.39 is 0 Å². The highest BCUT2D eigenvalue weighted by Gasteiger charge is 2.06. The standard InChI is InChI=1S/C18H17Cl2FN2O2/c19-15-6-3-13(9-16(15)20)11-18(25)23-8-7-22-17(24)10-12-1-4-14(21)5-2-12/h1-6,9H,7-8,10-11H2,(H,22,24)(H,23,25). The molecule has 0 bridgehead atoms. The van der Waals surface area contributed by atoms with Gasteiger partial charge in [0.2, 0.25) is 11.8 Å². The Balaban J connectivity index is 1.66. The lowest BCUT2D eigenvalue weighted by Crippen LogP contribution is -2.35. The summed E-state index contributed by atoms with van der Waals surface area (Å²) < 4.78 is 12.8. The Morgan fingerprint density at radius 2 is 1.32 bits per heavy atom. The molecule has 0 saturated heterocycles. The van der Waals surface area contributed by atoms with Crippen molar-refractivity contribution in [1.29, 1.82) is 0 Å². The van der Waals surface area contributed by atoms with Crippen molar-refractivity contribution in [2.45, 2.75) is 12.8 Å². The normalized spacial score (nSPS) is 10.4. The molecule has 2 amide bonds. The lowest BCUT2D eigenvalue weighted by molar-refractivity contribution is -0.122. The topological polar surface area (TPSA) is 58.2 Å². The summed E-state index contributed by atoms with van der Waals surface area (Å²) in [7, 11) is 0. The first-order valence-electron chi connectivity index (χ1n) is 7.66. The van der Waals surface area contributed by atoms with Gasteiger partial charge in [-0.25, -0.2) is 4.39 Å². The Kier molecular flexibility index (Phi) is 7.22. The minimum Gasteiger partial charge on any atom is -0.354 e. The van der Waals surface area contributed by atoms with E-state index in [1.807, 2.05) is 0 Å². The molecule has 0 saturated carbocycles. The van der Waals surface area contributed by atoms with E-state index in [1.54, 1.807) is 30.3 Å². The van der Waals surface area contributed by atoms with Gasteiger partial charge in [0, 0.05) is 13.1 Å². The van der Waals surface area contributed by atoms with Crippen molar-refractivity contribution in [2.24, 2.45) is 0 Å². The highest BCUT2D eigenvalue weighted by molar-refractivity contribution is 6.42. The molecule has 7 heteroatoms. The van der Waals surface area contributed by atoms with Gasteiger partial charge in [0.15, 0.2) is 0 Å². The molecule has 0 heterocycles. The molecule has 0 atom stereocenters. The summed E-state index contributed by atoms with van der Waals surface area (Å²) in [5.74, 6) is -0.703. The van der Waals surface area contributed by atoms with Crippen LogP contribution in [0.15, 0.2) is 42.5 Å². The average Bonchev–Trinajstić information content (AvgIpc) is 2.57. The third-order valence-corrected chi connectivity index (χ3v) is 4.13. The quantitative estimate of drug-likeness (QED) is 0.722. The van der Waals surface area contributed by atoms with E-state index in [0.29, 0.717) is 23.1 Å². The summed E-state index contributed by atoms with van der Waals surface area (Å²) in [6.07, 6.45) is 0.345. The number of amides is 2. The first-order valence-corrected chi connectivity index (χ1v) is 8.41. The van der Waals surface area contributed by atoms with Crippen LogP contribution in [0.1, 0.15) is 11.1 Å². The largest absolute Gasteiger partial charge is 0.354 e. The van der Waals surface area contributed by atoms with Crippen molar-refractivity contribution in [1.82, 2.24) is 10.6 Å². The van der Waals surface area contributed by atoms with Crippen LogP contribution in [0.5, 0.6) is 0 Å². The third-order valence-electron chi connectivity index (χ3n) is 3.40. The Labute approximate surface area is 155 Å². The van der Waals surface area contributed by atoms with Gasteiger partial charge in [0.25, 0.3) is 0 Å². The molecule has 0 fully saturated rings. The zero-order valence-electron chi connectivity index (χ0n) is 13.3. The van der Waals surface area contributed by atoms with Crippen LogP contribution >= 0.6 is 23.2 Å². The fourth-order valence-corrected chi connectivity index (χ4v) is 2.47. The molecule has 0 aliphatic heterocycles. The molecule has 132 valence electrons. The lowest BCUT2D eigenvalue weighted by Gasteiger charge is -2.08. The summed E-state index contributed by atoms with van der Waals surface area (Å²) in [5, 5.41) is 6.25. The van der Waals surface area contributed by atoms with Gasteiger partial charge in [0.05, 0.1) is 22.9 Å². The summed E-state index contributed by atoms with van der Waals surface area (Å²) in [4.78, 5) is 23.6. The number of hydrogen-bond acceptors (Lipinski definition) is 2. The molecular formula is C18H17Cl2FN2O2. The van der Waals surface area contributed by atoms with Crippen LogP contribution < -0.4 is 10.6 Å². The zero-order valence-corrected chi connectivity index (χ0v) is 14.8. The molecule has 2 aromatic rings. The maximum absolute atomic E-state index is 12.8. The maximum atomic E-state index is 12.8. The van der Waals surface area contributed by atoms with E-state index in [4.69, 9.17) is 23.2 Å². The van der Waals surface area contributed by atoms with Crippen LogP contribution in [-0.4, -0.2) is 24.9 Å². The lowest BCUT2D eigenvalue weighted by atomic mass is 10.1. The summed E-state index contributed by atoms with van der Waals surface area (Å²) in [6.45, 7) is 0.627. The molecule has 2 rings (SSSR count). The predicted molar refractivity (Wildman–Crippen MR) is 96.3 cm³/mol. The van der Waals surface area contributed by atoms with Gasteiger partial charge in [-0.05, 0) is 35.4 Å². The Morgan fingerprint density at radius 1 is 0.800 bits per heavy atom. The molecule has 25 heavy (non-hydrogen) atoms. The average molecular weight is 383 g/mol. The second-order valence-electron chi connectivity index (χ2n) is 5.43. The highest BCUT2D eigenvalue weighted by atomic mass is 35.5. The van der Waals surface area contributed by atoms with Crippen LogP contribution in [0.2, 0.25) is 10.0 Å². The number of benzene rings is 2. The minimum absolute atomic E-state index is 0.164. The minimum atomic E-state index is -0.339. The van der Waals surface area contributed by atoms with Crippen LogP contribution in [0.4, 0.5) is 4.39 Å². The summed E-state index contributed by atoms with van der Waals surface area (Å²) in [5.41, 5.74) is 1.48. The number of halogens is 3. The number of carbonyl (C=O) groups is 2. The fourth-order valence-electron chi connectivity index (χ4n) is 2.15. The molecular weight excluding hydrogens is 366 g/mol. The molecule has 2 aromatic carbocycles. The number of carbonyl (C=O) groups excluding carboxylic acids is 2. The summed E-state index contributed by atoms with van der Waals surface area (Å²) >= 11 is 11.7. The second-order valence-corrected chi connectivity index (χ2v) is 6.24. The Hall–Kier alpha value is -2.11. The van der Waals surface area contributed by atoms with Crippen LogP contribution in [0, 0.1) is 5.82 Å². The SMILES string of the molecule is O=C(Cc1ccc(F)cc1)NCCNC(=O)Cc1ccc(Cl)c(Cl)c1. The Bertz CT molecular complexity index is 751. The monoisotopic (exact) mass is 382 g/mol. The Morgan fingerprint density at radius 3 is 1.88 bits per heavy atom. The molecule has 4 nitrogen and oxygen atoms in total. The zero-order chi connectivity index (χ0) is 18.2. The van der Waals surface area contributed by atoms with Crippen LogP contribution in [-0.2, 0) is 22.4 Å². The van der Waals surface area contributed by atoms with E-state index in [2.05, 4.69) is 10.6 Å². The smallest absolute Gasteiger partial charge is 0.224 e. The van der Waals surface area contributed by atoms with Crippen molar-refractivity contribution in [3.63, 3.8) is 0 Å². The number of rotatable bonds is 7. The maximum Gasteiger partial charge on any atom is 0.224 e. The molecule has 0 unspecified atom stereocenters. The number of hydrogen-bond donors (Lipinski definition) is 2. The van der Waals surface area contributed by atoms with E-state index in [1.165, 1.54) is 12.1 Å². The molecule has 0 spiro atoms. The van der Waals surface area contributed by atoms with E-state index in [0.717, 1.165) is 11.1 Å². The van der Waals surface area contributed by atoms with Crippen molar-refractivity contribution < 1.29 is 14.0 Å². The fraction of sp³-hybridized carbons (Fsp3) is 0.222. The van der Waals surface area contributed by atoms with Crippen molar-refractivity contribution in [3.8, 4) is 0 Å². The van der Waals surface area contributed by atoms with Crippen molar-refractivity contribution in [2.75, 3.05) is 13.1 Å². The molecule has 0 aliphatic carbocycles. The summed E-state index contributed by atoms with van der Waals surface area (Å²) in [6, 6.07) is 10.8. The van der Waals surface area contributed by atoms with Gasteiger partial charge in [-0.15, -0.1) is 0 Å². The van der Waals surface area contributed by atoms with E-state index in [-0.39, 0.29) is 30.5 Å². The van der Waals surface area contributed by atoms with Gasteiger partial charge in [0.1, 0.15) is 5.82 Å². The van der Waals surface area contributed by atoms with Gasteiger partial charge in [-0.3, -0.25) is 9.59 Å². The van der Waals surface area contributed by atoms with Crippen molar-refractivity contribution in [3.05, 3.63) is 69.5 Å². The highest BCUT2D eigenvalue weighted by Crippen LogP contribution is 2.22. The first-order chi connectivity index (χ1) is 11.9. The van der Waals surface area contributed by atoms with Crippen molar-refractivity contribution >= 4 is 35.0 Å². The van der Waals surface area contributed by atoms with E-state index >= 15 is 0 Å². The van der Waals surface area contributed by atoms with Gasteiger partial charge in [-0.1, -0.05) is 41.4 Å². The second kappa shape index (κ2) is 9.39. The third kappa shape index (κ3) is 6.72. The molecule has 0 aliphatic rings. The van der Waals surface area contributed by atoms with Crippen LogP contribution in [0.3, 0.4) is 0 Å². The first kappa shape index (κ1) is 19.2. The van der Waals surface area contributed by atoms with Gasteiger partial charge < -0.3 is 10.6 Å². The molecule has 2 N–H and O–H groups in total. The van der Waals surface area contributed by atoms with Crippen LogP contribution in [0.25, 0.3) is 0 Å². The predicted octanol–water partition coefficient (Wildman–Crippen LogP) is 3.15. The number of nitrogens with one attached hydrogen (secondary N) is 2. The molecule has 0 aromatic heterocycles. The van der Waals surface area contributed by atoms with E-state index in [9.17, 15) is 14.0 Å².